The van der Waals surface area contributed by atoms with Crippen LogP contribution in [-0.2, 0) is 7.05 Å². The van der Waals surface area contributed by atoms with Gasteiger partial charge in [0.15, 0.2) is 11.6 Å². The van der Waals surface area contributed by atoms with Gasteiger partial charge in [0.2, 0.25) is 0 Å². The van der Waals surface area contributed by atoms with Crippen LogP contribution in [0.1, 0.15) is 24.2 Å². The first kappa shape index (κ1) is 23.0. The van der Waals surface area contributed by atoms with E-state index in [9.17, 15) is 9.59 Å². The Bertz CT molecular complexity index is 1230. The highest BCUT2D eigenvalue weighted by Gasteiger charge is 2.37. The van der Waals surface area contributed by atoms with Gasteiger partial charge in [-0.15, -0.1) is 0 Å². The molecule has 11 nitrogen and oxygen atoms in total. The second-order valence-corrected chi connectivity index (χ2v) is 8.90. The third-order valence-electron chi connectivity index (χ3n) is 5.46. The van der Waals surface area contributed by atoms with E-state index in [2.05, 4.69) is 44.9 Å². The number of nitrogens with zero attached hydrogens (tertiary/aromatic N) is 5. The first-order valence-corrected chi connectivity index (χ1v) is 10.8. The summed E-state index contributed by atoms with van der Waals surface area (Å²) in [5, 5.41) is 13.0. The van der Waals surface area contributed by atoms with Crippen LogP contribution < -0.4 is 20.7 Å². The van der Waals surface area contributed by atoms with Gasteiger partial charge in [0.1, 0.15) is 12.1 Å². The molecule has 1 aliphatic rings. The normalized spacial score (nSPS) is 14.2. The average molecular weight is 465 g/mol. The van der Waals surface area contributed by atoms with E-state index >= 15 is 0 Å². The number of hydrogen-bond donors (Lipinski definition) is 3. The van der Waals surface area contributed by atoms with Crippen molar-refractivity contribution < 1.29 is 14.3 Å². The zero-order valence-corrected chi connectivity index (χ0v) is 19.8. The van der Waals surface area contributed by atoms with Gasteiger partial charge in [0, 0.05) is 44.9 Å². The van der Waals surface area contributed by atoms with Crippen molar-refractivity contribution in [2.45, 2.75) is 13.8 Å². The third kappa shape index (κ3) is 4.63. The number of carbonyl (C=O) groups is 2. The van der Waals surface area contributed by atoms with E-state index < -0.39 is 0 Å². The fourth-order valence-corrected chi connectivity index (χ4v) is 3.90. The topological polar surface area (TPSA) is 126 Å². The first-order chi connectivity index (χ1) is 16.2. The molecule has 1 saturated heterocycles. The van der Waals surface area contributed by atoms with Crippen molar-refractivity contribution in [3.63, 3.8) is 0 Å². The van der Waals surface area contributed by atoms with Crippen molar-refractivity contribution in [2.24, 2.45) is 12.5 Å². The number of carbonyl (C=O) groups excluding carboxylic acids is 2. The summed E-state index contributed by atoms with van der Waals surface area (Å²) in [7, 11) is 4.88. The lowest BCUT2D eigenvalue weighted by Gasteiger charge is -2.45. The second kappa shape index (κ2) is 9.00. The highest BCUT2D eigenvalue weighted by atomic mass is 16.5. The maximum absolute atomic E-state index is 12.6. The summed E-state index contributed by atoms with van der Waals surface area (Å²) in [5.74, 6) is 1.03. The standard InChI is InChI=1S/C23H28N8O3/c1-23(2)11-31(12-23)22(33)28-18-9-17(15(10-25-18)21(32)24-3)27-16-8-6-7-14(19(16)34-5)20-26-13-30(4)29-20/h6-10,13H,11-12H2,1-5H3,(H,24,32)(H2,25,27,28,33). The van der Waals surface area contributed by atoms with Gasteiger partial charge in [-0.25, -0.2) is 14.8 Å². The molecule has 4 rings (SSSR count). The van der Waals surface area contributed by atoms with E-state index in [0.717, 1.165) is 0 Å². The molecule has 178 valence electrons. The molecule has 0 radical (unpaired) electrons. The summed E-state index contributed by atoms with van der Waals surface area (Å²) in [4.78, 5) is 35.4. The van der Waals surface area contributed by atoms with Crippen LogP contribution in [0.4, 0.5) is 22.0 Å². The fraction of sp³-hybridized carbons (Fsp3) is 0.348. The molecule has 1 aliphatic heterocycles. The van der Waals surface area contributed by atoms with Crippen LogP contribution in [-0.4, -0.2) is 63.8 Å². The Kier molecular flexibility index (Phi) is 6.10. The van der Waals surface area contributed by atoms with E-state index in [1.807, 2.05) is 18.2 Å². The number of anilines is 3. The lowest BCUT2D eigenvalue weighted by molar-refractivity contribution is 0.0687. The number of rotatable bonds is 6. The van der Waals surface area contributed by atoms with E-state index in [4.69, 9.17) is 4.74 Å². The number of amides is 3. The Labute approximate surface area is 197 Å². The van der Waals surface area contributed by atoms with E-state index in [1.165, 1.54) is 6.20 Å². The quantitative estimate of drug-likeness (QED) is 0.512. The van der Waals surface area contributed by atoms with Crippen molar-refractivity contribution in [1.29, 1.82) is 0 Å². The predicted molar refractivity (Wildman–Crippen MR) is 128 cm³/mol. The number of para-hydroxylation sites is 1. The Morgan fingerprint density at radius 3 is 2.53 bits per heavy atom. The smallest absolute Gasteiger partial charge is 0.323 e. The maximum Gasteiger partial charge on any atom is 0.323 e. The number of urea groups is 1. The minimum Gasteiger partial charge on any atom is -0.494 e. The molecule has 0 spiro atoms. The number of aryl methyl sites for hydroxylation is 1. The third-order valence-corrected chi connectivity index (χ3v) is 5.46. The molecule has 3 aromatic rings. The molecule has 3 amide bonds. The summed E-state index contributed by atoms with van der Waals surface area (Å²) in [6, 6.07) is 6.90. The minimum atomic E-state index is -0.320. The number of benzene rings is 1. The number of likely N-dealkylation sites (tertiary alicyclic amines) is 1. The monoisotopic (exact) mass is 464 g/mol. The molecule has 0 unspecified atom stereocenters. The zero-order chi connectivity index (χ0) is 24.5. The number of ether oxygens (including phenoxy) is 1. The van der Waals surface area contributed by atoms with Gasteiger partial charge >= 0.3 is 6.03 Å². The van der Waals surface area contributed by atoms with E-state index in [1.54, 1.807) is 43.2 Å². The average Bonchev–Trinajstić information content (AvgIpc) is 3.23. The Balaban J connectivity index is 1.65. The molecule has 11 heteroatoms. The van der Waals surface area contributed by atoms with Crippen LogP contribution in [0, 0.1) is 5.41 Å². The lowest BCUT2D eigenvalue weighted by atomic mass is 9.85. The van der Waals surface area contributed by atoms with Crippen molar-refractivity contribution in [1.82, 2.24) is 30.0 Å². The van der Waals surface area contributed by atoms with Gasteiger partial charge in [-0.05, 0) is 12.1 Å². The molecule has 1 aromatic carbocycles. The molecule has 0 bridgehead atoms. The van der Waals surface area contributed by atoms with Crippen molar-refractivity contribution in [2.75, 3.05) is 37.9 Å². The second-order valence-electron chi connectivity index (χ2n) is 8.90. The van der Waals surface area contributed by atoms with E-state index in [0.29, 0.717) is 53.0 Å². The number of nitrogens with one attached hydrogen (secondary N) is 3. The molecule has 0 atom stereocenters. The molecule has 0 saturated carbocycles. The van der Waals surface area contributed by atoms with Gasteiger partial charge in [0.05, 0.1) is 29.6 Å². The van der Waals surface area contributed by atoms with Crippen molar-refractivity contribution in [3.05, 3.63) is 42.4 Å². The number of methoxy groups -OCH3 is 1. The molecule has 0 aliphatic carbocycles. The summed E-state index contributed by atoms with van der Waals surface area (Å²) in [6.45, 7) is 5.56. The number of aromatic nitrogens is 4. The Morgan fingerprint density at radius 1 is 1.15 bits per heavy atom. The molecule has 3 N–H and O–H groups in total. The van der Waals surface area contributed by atoms with Crippen LogP contribution >= 0.6 is 0 Å². The lowest BCUT2D eigenvalue weighted by Crippen LogP contribution is -2.56. The Hall–Kier alpha value is -4.15. The summed E-state index contributed by atoms with van der Waals surface area (Å²) < 4.78 is 7.27. The molecular weight excluding hydrogens is 436 g/mol. The van der Waals surface area contributed by atoms with Crippen LogP contribution in [0.15, 0.2) is 36.8 Å². The number of hydrogen-bond acceptors (Lipinski definition) is 7. The Morgan fingerprint density at radius 2 is 1.91 bits per heavy atom. The first-order valence-electron chi connectivity index (χ1n) is 10.8. The van der Waals surface area contributed by atoms with Crippen LogP contribution in [0.25, 0.3) is 11.4 Å². The summed E-state index contributed by atoms with van der Waals surface area (Å²) in [5.41, 5.74) is 2.18. The number of pyridine rings is 1. The van der Waals surface area contributed by atoms with Gasteiger partial charge in [-0.1, -0.05) is 19.9 Å². The summed E-state index contributed by atoms with van der Waals surface area (Å²) >= 11 is 0. The van der Waals surface area contributed by atoms with Gasteiger partial charge < -0.3 is 20.3 Å². The molecule has 1 fully saturated rings. The summed E-state index contributed by atoms with van der Waals surface area (Å²) in [6.07, 6.45) is 3.03. The van der Waals surface area contributed by atoms with Gasteiger partial charge in [0.25, 0.3) is 5.91 Å². The minimum absolute atomic E-state index is 0.116. The van der Waals surface area contributed by atoms with Crippen molar-refractivity contribution in [3.8, 4) is 17.1 Å². The zero-order valence-electron chi connectivity index (χ0n) is 19.8. The predicted octanol–water partition coefficient (Wildman–Crippen LogP) is 2.86. The molecule has 34 heavy (non-hydrogen) atoms. The molecular formula is C23H28N8O3. The SMILES string of the molecule is CNC(=O)c1cnc(NC(=O)N2CC(C)(C)C2)cc1Nc1cccc(-c2ncn(C)n2)c1OC. The van der Waals surface area contributed by atoms with Crippen LogP contribution in [0.3, 0.4) is 0 Å². The van der Waals surface area contributed by atoms with Crippen LogP contribution in [0.5, 0.6) is 5.75 Å². The highest BCUT2D eigenvalue weighted by molar-refractivity contribution is 6.01. The molecule has 3 heterocycles. The largest absolute Gasteiger partial charge is 0.494 e. The highest BCUT2D eigenvalue weighted by Crippen LogP contribution is 2.37. The van der Waals surface area contributed by atoms with Crippen molar-refractivity contribution >= 4 is 29.1 Å². The van der Waals surface area contributed by atoms with Gasteiger partial charge in [-0.2, -0.15) is 5.10 Å². The molecule has 2 aromatic heterocycles. The maximum atomic E-state index is 12.6. The van der Waals surface area contributed by atoms with Crippen LogP contribution in [0.2, 0.25) is 0 Å². The fourth-order valence-electron chi connectivity index (χ4n) is 3.90. The van der Waals surface area contributed by atoms with Gasteiger partial charge in [-0.3, -0.25) is 14.8 Å². The van der Waals surface area contributed by atoms with E-state index in [-0.39, 0.29) is 17.4 Å².